The number of carbonyl (C=O) groups is 1. The van der Waals surface area contributed by atoms with Gasteiger partial charge in [0.1, 0.15) is 0 Å². The summed E-state index contributed by atoms with van der Waals surface area (Å²) < 4.78 is 30.4. The van der Waals surface area contributed by atoms with Crippen LogP contribution in [0.4, 0.5) is 4.79 Å². The fourth-order valence-corrected chi connectivity index (χ4v) is 3.29. The van der Waals surface area contributed by atoms with E-state index in [1.54, 1.807) is 4.90 Å². The Balaban J connectivity index is 2.40. The molecular weight excluding hydrogens is 244 g/mol. The lowest BCUT2D eigenvalue weighted by molar-refractivity contribution is 0.111. The van der Waals surface area contributed by atoms with E-state index in [0.29, 0.717) is 32.4 Å². The molecule has 0 radical (unpaired) electrons. The van der Waals surface area contributed by atoms with Crippen molar-refractivity contribution in [3.05, 3.63) is 0 Å². The summed E-state index contributed by atoms with van der Waals surface area (Å²) in [6.45, 7) is 2.90. The van der Waals surface area contributed by atoms with Gasteiger partial charge in [-0.2, -0.15) is 0 Å². The molecule has 0 aliphatic carbocycles. The highest BCUT2D eigenvalue weighted by Crippen LogP contribution is 2.12. The van der Waals surface area contributed by atoms with Crippen molar-refractivity contribution in [3.8, 4) is 0 Å². The van der Waals surface area contributed by atoms with Crippen molar-refractivity contribution in [2.45, 2.75) is 32.2 Å². The van der Waals surface area contributed by atoms with E-state index in [0.717, 1.165) is 0 Å². The molecule has 0 spiro atoms. The molecule has 100 valence electrons. The molecule has 17 heavy (non-hydrogen) atoms. The third-order valence-electron chi connectivity index (χ3n) is 2.75. The van der Waals surface area contributed by atoms with Gasteiger partial charge in [-0.15, -0.1) is 0 Å². The average Bonchev–Trinajstić information content (AvgIpc) is 2.28. The molecule has 0 bridgehead atoms. The SMILES string of the molecule is CCCS(=O)(=O)NC1CCN(C(=O)OC)CC1. The van der Waals surface area contributed by atoms with E-state index >= 15 is 0 Å². The van der Waals surface area contributed by atoms with Crippen molar-refractivity contribution in [3.63, 3.8) is 0 Å². The van der Waals surface area contributed by atoms with Gasteiger partial charge in [0, 0.05) is 19.1 Å². The fourth-order valence-electron chi connectivity index (χ4n) is 1.89. The molecule has 1 aliphatic heterocycles. The minimum atomic E-state index is -3.16. The lowest BCUT2D eigenvalue weighted by Gasteiger charge is -2.31. The number of hydrogen-bond donors (Lipinski definition) is 1. The van der Waals surface area contributed by atoms with Crippen molar-refractivity contribution in [2.75, 3.05) is 26.0 Å². The molecule has 0 aromatic rings. The van der Waals surface area contributed by atoms with Crippen molar-refractivity contribution >= 4 is 16.1 Å². The predicted octanol–water partition coefficient (Wildman–Crippen LogP) is 0.547. The summed E-state index contributed by atoms with van der Waals surface area (Å²) in [4.78, 5) is 12.8. The number of hydrogen-bond acceptors (Lipinski definition) is 4. The normalized spacial score (nSPS) is 18.1. The Bertz CT molecular complexity index is 347. The van der Waals surface area contributed by atoms with Gasteiger partial charge in [0.25, 0.3) is 0 Å². The summed E-state index contributed by atoms with van der Waals surface area (Å²) in [6, 6.07) is -0.0625. The van der Waals surface area contributed by atoms with Gasteiger partial charge in [-0.1, -0.05) is 6.92 Å². The summed E-state index contributed by atoms with van der Waals surface area (Å²) in [6.07, 6.45) is 1.53. The number of sulfonamides is 1. The lowest BCUT2D eigenvalue weighted by Crippen LogP contribution is -2.46. The number of nitrogens with zero attached hydrogens (tertiary/aromatic N) is 1. The van der Waals surface area contributed by atoms with E-state index in [1.165, 1.54) is 7.11 Å². The number of piperidine rings is 1. The van der Waals surface area contributed by atoms with Crippen LogP contribution in [-0.4, -0.2) is 51.4 Å². The van der Waals surface area contributed by atoms with Gasteiger partial charge in [-0.25, -0.2) is 17.9 Å². The zero-order valence-corrected chi connectivity index (χ0v) is 11.1. The quantitative estimate of drug-likeness (QED) is 0.804. The first-order chi connectivity index (χ1) is 7.98. The van der Waals surface area contributed by atoms with Crippen LogP contribution >= 0.6 is 0 Å². The van der Waals surface area contributed by atoms with Crippen LogP contribution in [0.25, 0.3) is 0 Å². The maximum absolute atomic E-state index is 11.6. The second-order valence-electron chi connectivity index (χ2n) is 4.17. The number of carbonyl (C=O) groups excluding carboxylic acids is 1. The van der Waals surface area contributed by atoms with Crippen LogP contribution < -0.4 is 4.72 Å². The summed E-state index contributed by atoms with van der Waals surface area (Å²) in [5, 5.41) is 0. The second kappa shape index (κ2) is 6.20. The molecule has 1 saturated heterocycles. The summed E-state index contributed by atoms with van der Waals surface area (Å²) in [5.74, 6) is 0.157. The van der Waals surface area contributed by atoms with E-state index in [4.69, 9.17) is 0 Å². The van der Waals surface area contributed by atoms with Gasteiger partial charge in [0.2, 0.25) is 10.0 Å². The van der Waals surface area contributed by atoms with Crippen molar-refractivity contribution in [1.29, 1.82) is 0 Å². The van der Waals surface area contributed by atoms with Gasteiger partial charge in [-0.3, -0.25) is 0 Å². The third-order valence-corrected chi connectivity index (χ3v) is 4.39. The molecule has 0 saturated carbocycles. The Morgan fingerprint density at radius 2 is 2.00 bits per heavy atom. The molecule has 0 aromatic carbocycles. The Hall–Kier alpha value is -0.820. The van der Waals surface area contributed by atoms with E-state index in [-0.39, 0.29) is 17.9 Å². The number of likely N-dealkylation sites (tertiary alicyclic amines) is 1. The van der Waals surface area contributed by atoms with Crippen LogP contribution in [0.2, 0.25) is 0 Å². The maximum atomic E-state index is 11.6. The zero-order chi connectivity index (χ0) is 12.9. The summed E-state index contributed by atoms with van der Waals surface area (Å²) >= 11 is 0. The molecule has 1 amide bonds. The van der Waals surface area contributed by atoms with Gasteiger partial charge in [-0.05, 0) is 19.3 Å². The molecule has 1 rings (SSSR count). The van der Waals surface area contributed by atoms with Crippen molar-refractivity contribution in [1.82, 2.24) is 9.62 Å². The summed E-state index contributed by atoms with van der Waals surface area (Å²) in [5.41, 5.74) is 0. The zero-order valence-electron chi connectivity index (χ0n) is 10.3. The predicted molar refractivity (Wildman–Crippen MR) is 64.2 cm³/mol. The molecule has 1 heterocycles. The van der Waals surface area contributed by atoms with Crippen LogP contribution in [0.3, 0.4) is 0 Å². The van der Waals surface area contributed by atoms with Crippen molar-refractivity contribution < 1.29 is 17.9 Å². The number of amides is 1. The van der Waals surface area contributed by atoms with Gasteiger partial charge in [0.05, 0.1) is 12.9 Å². The molecule has 1 N–H and O–H groups in total. The Kier molecular flexibility index (Phi) is 5.20. The van der Waals surface area contributed by atoms with Crippen LogP contribution in [0.5, 0.6) is 0 Å². The van der Waals surface area contributed by atoms with Crippen LogP contribution in [0, 0.1) is 0 Å². The molecular formula is C10H20N2O4S. The number of methoxy groups -OCH3 is 1. The Labute approximate surface area is 102 Å². The number of ether oxygens (including phenoxy) is 1. The minimum Gasteiger partial charge on any atom is -0.453 e. The van der Waals surface area contributed by atoms with Gasteiger partial charge in [0.15, 0.2) is 0 Å². The monoisotopic (exact) mass is 264 g/mol. The van der Waals surface area contributed by atoms with E-state index in [1.807, 2.05) is 6.92 Å². The third kappa shape index (κ3) is 4.51. The highest BCUT2D eigenvalue weighted by Gasteiger charge is 2.25. The number of nitrogens with one attached hydrogen (secondary N) is 1. The van der Waals surface area contributed by atoms with Crippen LogP contribution in [0.15, 0.2) is 0 Å². The lowest BCUT2D eigenvalue weighted by atomic mass is 10.1. The van der Waals surface area contributed by atoms with Crippen LogP contribution in [0.1, 0.15) is 26.2 Å². The first-order valence-corrected chi connectivity index (χ1v) is 7.46. The van der Waals surface area contributed by atoms with E-state index in [9.17, 15) is 13.2 Å². The fraction of sp³-hybridized carbons (Fsp3) is 0.900. The average molecular weight is 264 g/mol. The van der Waals surface area contributed by atoms with Gasteiger partial charge < -0.3 is 9.64 Å². The molecule has 0 unspecified atom stereocenters. The molecule has 1 aliphatic rings. The van der Waals surface area contributed by atoms with Gasteiger partial charge >= 0.3 is 6.09 Å². The highest BCUT2D eigenvalue weighted by atomic mass is 32.2. The molecule has 1 fully saturated rings. The Morgan fingerprint density at radius 1 is 1.41 bits per heavy atom. The smallest absolute Gasteiger partial charge is 0.409 e. The maximum Gasteiger partial charge on any atom is 0.409 e. The molecule has 7 heteroatoms. The standard InChI is InChI=1S/C10H20N2O4S/c1-3-8-17(14,15)11-9-4-6-12(7-5-9)10(13)16-2/h9,11H,3-8H2,1-2H3. The van der Waals surface area contributed by atoms with E-state index in [2.05, 4.69) is 9.46 Å². The molecule has 6 nitrogen and oxygen atoms in total. The van der Waals surface area contributed by atoms with Crippen LogP contribution in [-0.2, 0) is 14.8 Å². The minimum absolute atomic E-state index is 0.0625. The van der Waals surface area contributed by atoms with E-state index < -0.39 is 10.0 Å². The first-order valence-electron chi connectivity index (χ1n) is 5.81. The molecule has 0 atom stereocenters. The summed E-state index contributed by atoms with van der Waals surface area (Å²) in [7, 11) is -1.81. The second-order valence-corrected chi connectivity index (χ2v) is 6.04. The first kappa shape index (κ1) is 14.2. The molecule has 0 aromatic heterocycles. The number of rotatable bonds is 4. The Morgan fingerprint density at radius 3 is 2.47 bits per heavy atom. The largest absolute Gasteiger partial charge is 0.453 e. The topological polar surface area (TPSA) is 75.7 Å². The van der Waals surface area contributed by atoms with Crippen molar-refractivity contribution in [2.24, 2.45) is 0 Å². The highest BCUT2D eigenvalue weighted by molar-refractivity contribution is 7.89.